The Morgan fingerprint density at radius 2 is 2.00 bits per heavy atom. The lowest BCUT2D eigenvalue weighted by atomic mass is 10.00. The number of carbonyl (C=O) groups is 2. The minimum Gasteiger partial charge on any atom is -0.493 e. The zero-order valence-electron chi connectivity index (χ0n) is 12.4. The molecular formula is C15H14BrF3N2O3. The molecule has 1 aromatic carbocycles. The quantitative estimate of drug-likeness (QED) is 0.810. The monoisotopic (exact) mass is 406 g/mol. The lowest BCUT2D eigenvalue weighted by Gasteiger charge is -2.28. The smallest absolute Gasteiger partial charge is 0.471 e. The van der Waals surface area contributed by atoms with Crippen molar-refractivity contribution in [2.45, 2.75) is 37.0 Å². The maximum absolute atomic E-state index is 12.4. The van der Waals surface area contributed by atoms with Gasteiger partial charge in [-0.2, -0.15) is 13.2 Å². The van der Waals surface area contributed by atoms with E-state index >= 15 is 0 Å². The SMILES string of the molecule is O=C(NC1(C(=O)NC2CCOc3cc(Br)ccc32)CC1)C(F)(F)F. The number of hydrogen-bond acceptors (Lipinski definition) is 3. The minimum atomic E-state index is -5.01. The van der Waals surface area contributed by atoms with Gasteiger partial charge < -0.3 is 15.4 Å². The normalized spacial score (nSPS) is 21.2. The Hall–Kier alpha value is -1.77. The van der Waals surface area contributed by atoms with Gasteiger partial charge in [-0.3, -0.25) is 9.59 Å². The van der Waals surface area contributed by atoms with Crippen molar-refractivity contribution < 1.29 is 27.5 Å². The van der Waals surface area contributed by atoms with Crippen LogP contribution >= 0.6 is 15.9 Å². The molecule has 1 aromatic rings. The molecule has 2 amide bonds. The molecule has 5 nitrogen and oxygen atoms in total. The molecule has 24 heavy (non-hydrogen) atoms. The molecule has 1 aliphatic carbocycles. The zero-order chi connectivity index (χ0) is 17.5. The van der Waals surface area contributed by atoms with Crippen LogP contribution in [0.1, 0.15) is 30.9 Å². The number of carbonyl (C=O) groups excluding carboxylic acids is 2. The Kier molecular flexibility index (Phi) is 4.23. The first-order valence-corrected chi connectivity index (χ1v) is 8.13. The predicted octanol–water partition coefficient (Wildman–Crippen LogP) is 2.60. The summed E-state index contributed by atoms with van der Waals surface area (Å²) in [7, 11) is 0. The highest BCUT2D eigenvalue weighted by Gasteiger charge is 2.55. The van der Waals surface area contributed by atoms with Gasteiger partial charge in [-0.1, -0.05) is 22.0 Å². The molecule has 0 aromatic heterocycles. The van der Waals surface area contributed by atoms with E-state index in [9.17, 15) is 22.8 Å². The number of nitrogens with one attached hydrogen (secondary N) is 2. The van der Waals surface area contributed by atoms with Gasteiger partial charge in [0.25, 0.3) is 0 Å². The van der Waals surface area contributed by atoms with E-state index in [1.165, 1.54) is 0 Å². The second kappa shape index (κ2) is 5.94. The summed E-state index contributed by atoms with van der Waals surface area (Å²) in [5, 5.41) is 4.55. The van der Waals surface area contributed by atoms with E-state index in [2.05, 4.69) is 21.2 Å². The van der Waals surface area contributed by atoms with E-state index in [0.29, 0.717) is 18.8 Å². The van der Waals surface area contributed by atoms with Crippen molar-refractivity contribution in [3.8, 4) is 5.75 Å². The van der Waals surface area contributed by atoms with Crippen molar-refractivity contribution in [3.05, 3.63) is 28.2 Å². The van der Waals surface area contributed by atoms with Crippen molar-refractivity contribution in [1.29, 1.82) is 0 Å². The minimum absolute atomic E-state index is 0.192. The van der Waals surface area contributed by atoms with Gasteiger partial charge in [0.15, 0.2) is 0 Å². The molecule has 130 valence electrons. The molecule has 1 unspecified atom stereocenters. The van der Waals surface area contributed by atoms with Gasteiger partial charge in [-0.25, -0.2) is 0 Å². The molecule has 1 aliphatic heterocycles. The topological polar surface area (TPSA) is 67.4 Å². The number of alkyl halides is 3. The number of amides is 2. The standard InChI is InChI=1S/C15H14BrF3N2O3/c16-8-1-2-9-10(3-6-24-11(9)7-8)20-12(22)14(4-5-14)21-13(23)15(17,18)19/h1-2,7,10H,3-6H2,(H,20,22)(H,21,23). The van der Waals surface area contributed by atoms with E-state index < -0.39 is 23.5 Å². The molecule has 3 rings (SSSR count). The van der Waals surface area contributed by atoms with Gasteiger partial charge in [0.1, 0.15) is 11.3 Å². The molecule has 1 saturated carbocycles. The Balaban J connectivity index is 1.71. The van der Waals surface area contributed by atoms with Gasteiger partial charge >= 0.3 is 12.1 Å². The Morgan fingerprint density at radius 1 is 1.29 bits per heavy atom. The first kappa shape index (κ1) is 17.1. The number of halogens is 4. The van der Waals surface area contributed by atoms with E-state index in [4.69, 9.17) is 4.74 Å². The van der Waals surface area contributed by atoms with Gasteiger partial charge in [0.2, 0.25) is 5.91 Å². The second-order valence-corrected chi connectivity index (χ2v) is 6.79. The summed E-state index contributed by atoms with van der Waals surface area (Å²) < 4.78 is 43.5. The number of fused-ring (bicyclic) bond motifs is 1. The van der Waals surface area contributed by atoms with Crippen LogP contribution in [-0.2, 0) is 9.59 Å². The highest BCUT2D eigenvalue weighted by Crippen LogP contribution is 2.39. The molecule has 0 saturated heterocycles. The van der Waals surface area contributed by atoms with E-state index in [1.54, 1.807) is 18.2 Å². The van der Waals surface area contributed by atoms with Crippen LogP contribution in [0.2, 0.25) is 0 Å². The maximum atomic E-state index is 12.4. The fraction of sp³-hybridized carbons (Fsp3) is 0.467. The highest BCUT2D eigenvalue weighted by atomic mass is 79.9. The van der Waals surface area contributed by atoms with Crippen molar-refractivity contribution in [2.24, 2.45) is 0 Å². The fourth-order valence-electron chi connectivity index (χ4n) is 2.63. The Morgan fingerprint density at radius 3 is 2.62 bits per heavy atom. The van der Waals surface area contributed by atoms with Gasteiger partial charge in [-0.15, -0.1) is 0 Å². The summed E-state index contributed by atoms with van der Waals surface area (Å²) >= 11 is 3.33. The van der Waals surface area contributed by atoms with E-state index in [1.807, 2.05) is 5.32 Å². The highest BCUT2D eigenvalue weighted by molar-refractivity contribution is 9.10. The molecule has 1 fully saturated rings. The fourth-order valence-corrected chi connectivity index (χ4v) is 2.97. The Labute approximate surface area is 144 Å². The largest absolute Gasteiger partial charge is 0.493 e. The molecule has 1 atom stereocenters. The molecule has 9 heteroatoms. The van der Waals surface area contributed by atoms with Gasteiger partial charge in [-0.05, 0) is 25.0 Å². The Bertz CT molecular complexity index is 689. The van der Waals surface area contributed by atoms with Crippen molar-refractivity contribution >= 4 is 27.7 Å². The van der Waals surface area contributed by atoms with Crippen LogP contribution in [0.4, 0.5) is 13.2 Å². The number of rotatable bonds is 3. The zero-order valence-corrected chi connectivity index (χ0v) is 14.0. The summed E-state index contributed by atoms with van der Waals surface area (Å²) in [5.41, 5.74) is -0.698. The van der Waals surface area contributed by atoms with Crippen molar-refractivity contribution in [1.82, 2.24) is 10.6 Å². The lowest BCUT2D eigenvalue weighted by molar-refractivity contribution is -0.175. The van der Waals surface area contributed by atoms with Crippen LogP contribution in [0.25, 0.3) is 0 Å². The maximum Gasteiger partial charge on any atom is 0.471 e. The van der Waals surface area contributed by atoms with Crippen LogP contribution in [-0.4, -0.2) is 30.1 Å². The number of hydrogen-bond donors (Lipinski definition) is 2. The lowest BCUT2D eigenvalue weighted by Crippen LogP contribution is -2.53. The summed E-state index contributed by atoms with van der Waals surface area (Å²) in [6.45, 7) is 0.385. The summed E-state index contributed by atoms with van der Waals surface area (Å²) in [4.78, 5) is 23.5. The number of ether oxygens (including phenoxy) is 1. The third kappa shape index (κ3) is 3.35. The first-order valence-electron chi connectivity index (χ1n) is 7.34. The van der Waals surface area contributed by atoms with Crippen LogP contribution in [0, 0.1) is 0 Å². The van der Waals surface area contributed by atoms with Crippen LogP contribution in [0.3, 0.4) is 0 Å². The van der Waals surface area contributed by atoms with Crippen LogP contribution < -0.4 is 15.4 Å². The van der Waals surface area contributed by atoms with Crippen LogP contribution in [0.15, 0.2) is 22.7 Å². The third-order valence-electron chi connectivity index (χ3n) is 4.12. The summed E-state index contributed by atoms with van der Waals surface area (Å²) in [6.07, 6.45) is -4.12. The molecular weight excluding hydrogens is 393 g/mol. The second-order valence-electron chi connectivity index (χ2n) is 5.88. The summed E-state index contributed by atoms with van der Waals surface area (Å²) in [6, 6.07) is 4.99. The third-order valence-corrected chi connectivity index (χ3v) is 4.61. The summed E-state index contributed by atoms with van der Waals surface area (Å²) in [5.74, 6) is -2.07. The average molecular weight is 407 g/mol. The molecule has 0 spiro atoms. The van der Waals surface area contributed by atoms with Crippen LogP contribution in [0.5, 0.6) is 5.75 Å². The van der Waals surface area contributed by atoms with Crippen molar-refractivity contribution in [2.75, 3.05) is 6.61 Å². The first-order chi connectivity index (χ1) is 11.2. The molecule has 0 radical (unpaired) electrons. The molecule has 1 heterocycles. The predicted molar refractivity (Wildman–Crippen MR) is 81.3 cm³/mol. The van der Waals surface area contributed by atoms with Gasteiger partial charge in [0, 0.05) is 16.5 Å². The van der Waals surface area contributed by atoms with Gasteiger partial charge in [0.05, 0.1) is 12.6 Å². The van der Waals surface area contributed by atoms with E-state index in [-0.39, 0.29) is 18.9 Å². The van der Waals surface area contributed by atoms with E-state index in [0.717, 1.165) is 10.0 Å². The molecule has 2 aliphatic rings. The molecule has 2 N–H and O–H groups in total. The van der Waals surface area contributed by atoms with Crippen molar-refractivity contribution in [3.63, 3.8) is 0 Å². The molecule has 0 bridgehead atoms. The average Bonchev–Trinajstić information content (AvgIpc) is 3.27. The number of benzene rings is 1.